The molecule has 2 aromatic rings. The van der Waals surface area contributed by atoms with E-state index < -0.39 is 0 Å². The molecule has 0 amide bonds. The van der Waals surface area contributed by atoms with Crippen molar-refractivity contribution in [2.75, 3.05) is 0 Å². The Hall–Kier alpha value is -1.63. The predicted octanol–water partition coefficient (Wildman–Crippen LogP) is 8.80. The summed E-state index contributed by atoms with van der Waals surface area (Å²) in [6.45, 7) is 6.99. The van der Waals surface area contributed by atoms with E-state index in [2.05, 4.69) is 62.3 Å². The highest BCUT2D eigenvalue weighted by Crippen LogP contribution is 2.29. The first-order valence-corrected chi connectivity index (χ1v) is 12.3. The molecule has 0 saturated carbocycles. The molecule has 0 N–H and O–H groups in total. The smallest absolute Gasteiger partial charge is 0.0306 e. The Morgan fingerprint density at radius 2 is 1.38 bits per heavy atom. The zero-order valence-corrected chi connectivity index (χ0v) is 19.3. The van der Waals surface area contributed by atoms with E-state index in [9.17, 15) is 0 Å². The van der Waals surface area contributed by atoms with Gasteiger partial charge in [-0.1, -0.05) is 103 Å². The van der Waals surface area contributed by atoms with E-state index in [0.29, 0.717) is 0 Å². The van der Waals surface area contributed by atoms with Crippen molar-refractivity contribution in [3.63, 3.8) is 0 Å². The molecule has 0 bridgehead atoms. The molecule has 0 radical (unpaired) electrons. The highest BCUT2D eigenvalue weighted by atomic mass is 14.6. The van der Waals surface area contributed by atoms with Gasteiger partial charge in [0.05, 0.1) is 0 Å². The van der Waals surface area contributed by atoms with Gasteiger partial charge in [0.15, 0.2) is 0 Å². The lowest BCUT2D eigenvalue weighted by Gasteiger charge is -2.16. The molecule has 1 aromatic heterocycles. The summed E-state index contributed by atoms with van der Waals surface area (Å²) in [6, 6.07) is 11.3. The third-order valence-corrected chi connectivity index (χ3v) is 6.22. The van der Waals surface area contributed by atoms with Crippen molar-refractivity contribution < 1.29 is 0 Å². The monoisotopic (exact) mass is 393 g/mol. The Morgan fingerprint density at radius 1 is 0.690 bits per heavy atom. The van der Waals surface area contributed by atoms with E-state index in [1.165, 1.54) is 99.3 Å². The van der Waals surface area contributed by atoms with Crippen LogP contribution in [-0.4, -0.2) is 4.98 Å². The van der Waals surface area contributed by atoms with Crippen molar-refractivity contribution >= 4 is 0 Å². The molecule has 2 rings (SSSR count). The number of hydrogen-bond acceptors (Lipinski definition) is 1. The second-order valence-corrected chi connectivity index (χ2v) is 8.85. The van der Waals surface area contributed by atoms with E-state index in [1.54, 1.807) is 0 Å². The van der Waals surface area contributed by atoms with Crippen LogP contribution in [0.1, 0.15) is 103 Å². The third kappa shape index (κ3) is 8.72. The maximum absolute atomic E-state index is 4.46. The van der Waals surface area contributed by atoms with Crippen LogP contribution in [0.5, 0.6) is 0 Å². The minimum absolute atomic E-state index is 0.799. The van der Waals surface area contributed by atoms with Crippen molar-refractivity contribution in [2.24, 2.45) is 5.92 Å². The van der Waals surface area contributed by atoms with Crippen LogP contribution >= 0.6 is 0 Å². The van der Waals surface area contributed by atoms with Gasteiger partial charge in [-0.3, -0.25) is 4.98 Å². The lowest BCUT2D eigenvalue weighted by molar-refractivity contribution is 0.464. The molecule has 1 nitrogen and oxygen atoms in total. The van der Waals surface area contributed by atoms with Crippen LogP contribution in [0.2, 0.25) is 0 Å². The van der Waals surface area contributed by atoms with Crippen LogP contribution in [0.15, 0.2) is 42.7 Å². The topological polar surface area (TPSA) is 12.9 Å². The van der Waals surface area contributed by atoms with Gasteiger partial charge in [0, 0.05) is 12.4 Å². The lowest BCUT2D eigenvalue weighted by atomic mass is 9.90. The summed E-state index contributed by atoms with van der Waals surface area (Å²) in [7, 11) is 0. The fourth-order valence-electron chi connectivity index (χ4n) is 4.28. The molecular weight excluding hydrogens is 350 g/mol. The van der Waals surface area contributed by atoms with Gasteiger partial charge in [-0.2, -0.15) is 0 Å². The second-order valence-electron chi connectivity index (χ2n) is 8.85. The fourth-order valence-corrected chi connectivity index (χ4v) is 4.28. The molecular formula is C28H43N. The summed E-state index contributed by atoms with van der Waals surface area (Å²) in [5.41, 5.74) is 5.76. The largest absolute Gasteiger partial charge is 0.264 e. The zero-order chi connectivity index (χ0) is 20.7. The first-order chi connectivity index (χ1) is 14.3. The molecule has 29 heavy (non-hydrogen) atoms. The summed E-state index contributed by atoms with van der Waals surface area (Å²) < 4.78 is 0. The van der Waals surface area contributed by atoms with Gasteiger partial charge in [-0.15, -0.1) is 0 Å². The maximum Gasteiger partial charge on any atom is 0.0306 e. The van der Waals surface area contributed by atoms with Crippen molar-refractivity contribution in [1.29, 1.82) is 0 Å². The van der Waals surface area contributed by atoms with E-state index in [1.807, 2.05) is 6.20 Å². The average molecular weight is 394 g/mol. The van der Waals surface area contributed by atoms with Crippen molar-refractivity contribution in [3.05, 3.63) is 53.9 Å². The summed E-state index contributed by atoms with van der Waals surface area (Å²) in [5, 5.41) is 0. The Kier molecular flexibility index (Phi) is 11.7. The van der Waals surface area contributed by atoms with Crippen LogP contribution in [-0.2, 0) is 12.8 Å². The predicted molar refractivity (Wildman–Crippen MR) is 128 cm³/mol. The standard InChI is InChI=1S/C28H43N/c1-4-6-8-9-10-12-16-25-17-13-14-18-27(25)28-21-22-29-23-26(28)20-19-24(3)15-11-7-5-2/h13-14,17-18,21-24H,4-12,15-16,19-20H2,1-3H3. The summed E-state index contributed by atoms with van der Waals surface area (Å²) in [5.74, 6) is 0.799. The van der Waals surface area contributed by atoms with Crippen molar-refractivity contribution in [3.8, 4) is 11.1 Å². The molecule has 0 spiro atoms. The summed E-state index contributed by atoms with van der Waals surface area (Å²) >= 11 is 0. The Morgan fingerprint density at radius 3 is 2.21 bits per heavy atom. The van der Waals surface area contributed by atoms with Crippen LogP contribution in [0.4, 0.5) is 0 Å². The van der Waals surface area contributed by atoms with Gasteiger partial charge < -0.3 is 0 Å². The molecule has 160 valence electrons. The zero-order valence-electron chi connectivity index (χ0n) is 19.3. The quantitative estimate of drug-likeness (QED) is 0.275. The second kappa shape index (κ2) is 14.4. The van der Waals surface area contributed by atoms with Gasteiger partial charge in [-0.05, 0) is 59.9 Å². The highest BCUT2D eigenvalue weighted by molar-refractivity contribution is 5.70. The first-order valence-electron chi connectivity index (χ1n) is 12.3. The number of rotatable bonds is 15. The number of pyridine rings is 1. The number of unbranched alkanes of at least 4 members (excludes halogenated alkanes) is 7. The van der Waals surface area contributed by atoms with Crippen molar-refractivity contribution in [2.45, 2.75) is 104 Å². The van der Waals surface area contributed by atoms with Gasteiger partial charge in [0.1, 0.15) is 0 Å². The maximum atomic E-state index is 4.46. The molecule has 0 aliphatic heterocycles. The minimum atomic E-state index is 0.799. The third-order valence-electron chi connectivity index (χ3n) is 6.22. The molecule has 1 unspecified atom stereocenters. The van der Waals surface area contributed by atoms with Crippen LogP contribution in [0.3, 0.4) is 0 Å². The van der Waals surface area contributed by atoms with Crippen LogP contribution in [0.25, 0.3) is 11.1 Å². The Balaban J connectivity index is 1.99. The Labute approximate surface area is 180 Å². The number of benzene rings is 1. The molecule has 0 fully saturated rings. The van der Waals surface area contributed by atoms with Crippen LogP contribution in [0, 0.1) is 5.92 Å². The van der Waals surface area contributed by atoms with Gasteiger partial charge in [0.25, 0.3) is 0 Å². The average Bonchev–Trinajstić information content (AvgIpc) is 2.75. The minimum Gasteiger partial charge on any atom is -0.264 e. The molecule has 1 heteroatoms. The number of aromatic nitrogens is 1. The highest BCUT2D eigenvalue weighted by Gasteiger charge is 2.11. The molecule has 0 aliphatic carbocycles. The molecule has 0 aliphatic rings. The summed E-state index contributed by atoms with van der Waals surface area (Å²) in [4.78, 5) is 4.46. The molecule has 0 saturated heterocycles. The number of aryl methyl sites for hydroxylation is 2. The summed E-state index contributed by atoms with van der Waals surface area (Å²) in [6.07, 6.45) is 21.2. The van der Waals surface area contributed by atoms with Gasteiger partial charge in [-0.25, -0.2) is 0 Å². The SMILES string of the molecule is CCCCCCCCc1ccccc1-c1ccncc1CCC(C)CCCCC. The number of hydrogen-bond donors (Lipinski definition) is 0. The van der Waals surface area contributed by atoms with Crippen molar-refractivity contribution in [1.82, 2.24) is 4.98 Å². The van der Waals surface area contributed by atoms with Gasteiger partial charge in [0.2, 0.25) is 0 Å². The van der Waals surface area contributed by atoms with E-state index in [0.717, 1.165) is 12.3 Å². The fraction of sp³-hybridized carbons (Fsp3) is 0.607. The number of nitrogens with zero attached hydrogens (tertiary/aromatic N) is 1. The van der Waals surface area contributed by atoms with E-state index >= 15 is 0 Å². The Bertz CT molecular complexity index is 676. The first kappa shape index (κ1) is 23.6. The molecule has 1 aromatic carbocycles. The normalized spacial score (nSPS) is 12.2. The van der Waals surface area contributed by atoms with E-state index in [4.69, 9.17) is 0 Å². The van der Waals surface area contributed by atoms with Crippen LogP contribution < -0.4 is 0 Å². The lowest BCUT2D eigenvalue weighted by Crippen LogP contribution is -2.01. The molecule has 1 atom stereocenters. The van der Waals surface area contributed by atoms with E-state index in [-0.39, 0.29) is 0 Å². The molecule has 1 heterocycles. The van der Waals surface area contributed by atoms with Gasteiger partial charge >= 0.3 is 0 Å².